The Kier molecular flexibility index (Phi) is 4.21. The van der Waals surface area contributed by atoms with Crippen molar-refractivity contribution in [3.63, 3.8) is 0 Å². The van der Waals surface area contributed by atoms with Crippen LogP contribution < -0.4 is 0 Å². The van der Waals surface area contributed by atoms with Gasteiger partial charge in [0.2, 0.25) is 0 Å². The molecule has 0 saturated carbocycles. The van der Waals surface area contributed by atoms with Crippen molar-refractivity contribution in [2.75, 3.05) is 6.54 Å². The van der Waals surface area contributed by atoms with E-state index in [-0.39, 0.29) is 4.88 Å². The molecular formula is C20H15F3N4O2S. The van der Waals surface area contributed by atoms with Crippen molar-refractivity contribution < 1.29 is 22.4 Å². The molecule has 3 aromatic heterocycles. The van der Waals surface area contributed by atoms with E-state index >= 15 is 0 Å². The first-order valence-corrected chi connectivity index (χ1v) is 10.00. The fourth-order valence-corrected chi connectivity index (χ4v) is 4.48. The van der Waals surface area contributed by atoms with Gasteiger partial charge in [0.1, 0.15) is 28.1 Å². The molecule has 10 heteroatoms. The topological polar surface area (TPSA) is 75.0 Å². The molecule has 4 aromatic rings. The van der Waals surface area contributed by atoms with E-state index in [4.69, 9.17) is 4.42 Å². The molecule has 30 heavy (non-hydrogen) atoms. The molecular weight excluding hydrogens is 417 g/mol. The van der Waals surface area contributed by atoms with Crippen LogP contribution in [0, 0.1) is 5.82 Å². The van der Waals surface area contributed by atoms with E-state index < -0.39 is 28.7 Å². The lowest BCUT2D eigenvalue weighted by Gasteiger charge is -2.33. The maximum atomic E-state index is 14.2. The van der Waals surface area contributed by atoms with Gasteiger partial charge in [0, 0.05) is 25.6 Å². The Labute approximate surface area is 172 Å². The molecule has 0 unspecified atom stereocenters. The predicted octanol–water partition coefficient (Wildman–Crippen LogP) is 4.65. The maximum absolute atomic E-state index is 14.2. The zero-order valence-corrected chi connectivity index (χ0v) is 16.5. The molecule has 0 saturated heterocycles. The van der Waals surface area contributed by atoms with Crippen molar-refractivity contribution in [2.24, 2.45) is 0 Å². The van der Waals surface area contributed by atoms with Crippen LogP contribution in [-0.2, 0) is 12.3 Å². The van der Waals surface area contributed by atoms with Gasteiger partial charge in [0.25, 0.3) is 11.8 Å². The lowest BCUT2D eigenvalue weighted by atomic mass is 10.00. The number of carbonyl (C=O) groups is 1. The van der Waals surface area contributed by atoms with Crippen LogP contribution in [0.2, 0.25) is 0 Å². The van der Waals surface area contributed by atoms with Crippen LogP contribution in [0.3, 0.4) is 0 Å². The summed E-state index contributed by atoms with van der Waals surface area (Å²) >= 11 is 0.658. The Balaban J connectivity index is 1.59. The normalized spacial score (nSPS) is 16.8. The van der Waals surface area contributed by atoms with E-state index in [0.717, 1.165) is 18.8 Å². The summed E-state index contributed by atoms with van der Waals surface area (Å²) in [4.78, 5) is 25.9. The summed E-state index contributed by atoms with van der Waals surface area (Å²) in [5.74, 6) is -3.67. The van der Waals surface area contributed by atoms with Gasteiger partial charge in [-0.1, -0.05) is 6.07 Å². The Bertz CT molecular complexity index is 1260. The predicted molar refractivity (Wildman–Crippen MR) is 103 cm³/mol. The van der Waals surface area contributed by atoms with Crippen LogP contribution in [-0.4, -0.2) is 32.3 Å². The van der Waals surface area contributed by atoms with E-state index in [2.05, 4.69) is 15.0 Å². The zero-order valence-electron chi connectivity index (χ0n) is 15.7. The minimum Gasteiger partial charge on any atom is -0.458 e. The number of fused-ring (bicyclic) bond motifs is 2. The fourth-order valence-electron chi connectivity index (χ4n) is 3.68. The third-order valence-corrected chi connectivity index (χ3v) is 6.23. The first-order valence-electron chi connectivity index (χ1n) is 9.18. The molecule has 0 aliphatic carbocycles. The number of furan rings is 1. The van der Waals surface area contributed by atoms with Gasteiger partial charge < -0.3 is 14.3 Å². The van der Waals surface area contributed by atoms with Crippen molar-refractivity contribution in [3.05, 3.63) is 69.6 Å². The van der Waals surface area contributed by atoms with Gasteiger partial charge in [0.05, 0.1) is 23.6 Å². The number of benzene rings is 1. The molecule has 5 rings (SSSR count). The monoisotopic (exact) mass is 432 g/mol. The highest BCUT2D eigenvalue weighted by Crippen LogP contribution is 2.38. The second kappa shape index (κ2) is 6.69. The van der Waals surface area contributed by atoms with Crippen molar-refractivity contribution in [1.82, 2.24) is 19.9 Å². The van der Waals surface area contributed by atoms with Crippen molar-refractivity contribution in [1.29, 1.82) is 0 Å². The SMILES string of the molecule is CC(F)(F)c1ncc(C(=O)N2CCc3[nH]cnc3[C@H]2c2cc3c(F)cccc3o2)s1. The average Bonchev–Trinajstić information content (AvgIpc) is 3.44. The van der Waals surface area contributed by atoms with Crippen LogP contribution in [0.15, 0.2) is 41.2 Å². The summed E-state index contributed by atoms with van der Waals surface area (Å²) < 4.78 is 47.2. The summed E-state index contributed by atoms with van der Waals surface area (Å²) in [6, 6.07) is 5.35. The highest BCUT2D eigenvalue weighted by Gasteiger charge is 2.38. The molecule has 1 atom stereocenters. The molecule has 0 spiro atoms. The lowest BCUT2D eigenvalue weighted by Crippen LogP contribution is -2.40. The second-order valence-electron chi connectivity index (χ2n) is 7.14. The molecule has 1 N–H and O–H groups in total. The summed E-state index contributed by atoms with van der Waals surface area (Å²) in [6.07, 6.45) is 3.20. The molecule has 6 nitrogen and oxygen atoms in total. The largest absolute Gasteiger partial charge is 0.458 e. The number of H-pyrrole nitrogens is 1. The highest BCUT2D eigenvalue weighted by atomic mass is 32.1. The van der Waals surface area contributed by atoms with Gasteiger partial charge in [-0.05, 0) is 18.2 Å². The fraction of sp³-hybridized carbons (Fsp3) is 0.250. The Morgan fingerprint density at radius 3 is 2.93 bits per heavy atom. The summed E-state index contributed by atoms with van der Waals surface area (Å²) in [5.41, 5.74) is 1.78. The minimum atomic E-state index is -3.13. The third kappa shape index (κ3) is 2.98. The van der Waals surface area contributed by atoms with Crippen LogP contribution in [0.4, 0.5) is 13.2 Å². The second-order valence-corrected chi connectivity index (χ2v) is 8.17. The van der Waals surface area contributed by atoms with Crippen LogP contribution in [0.25, 0.3) is 11.0 Å². The van der Waals surface area contributed by atoms with Gasteiger partial charge in [-0.25, -0.2) is 14.4 Å². The smallest absolute Gasteiger partial charge is 0.296 e. The van der Waals surface area contributed by atoms with E-state index in [1.807, 2.05) is 0 Å². The number of thiazole rings is 1. The number of amides is 1. The minimum absolute atomic E-state index is 0.0952. The highest BCUT2D eigenvalue weighted by molar-refractivity contribution is 7.13. The third-order valence-electron chi connectivity index (χ3n) is 5.07. The Hall–Kier alpha value is -3.14. The molecule has 0 bridgehead atoms. The quantitative estimate of drug-likeness (QED) is 0.511. The van der Waals surface area contributed by atoms with Crippen LogP contribution >= 0.6 is 11.3 Å². The number of hydrogen-bond donors (Lipinski definition) is 1. The summed E-state index contributed by atoms with van der Waals surface area (Å²) in [7, 11) is 0. The van der Waals surface area contributed by atoms with Crippen molar-refractivity contribution >= 4 is 28.2 Å². The molecule has 4 heterocycles. The standard InChI is InChI=1S/C20H15F3N4O2S/c1-20(22,23)19-24-8-15(30-19)18(28)27-6-5-12-16(26-9-25-12)17(27)14-7-10-11(21)3-2-4-13(10)29-14/h2-4,7-9,17H,5-6H2,1H3,(H,25,26)/t17-/m1/s1. The number of aromatic nitrogens is 3. The van der Waals surface area contributed by atoms with E-state index in [1.165, 1.54) is 17.3 Å². The number of nitrogens with zero attached hydrogens (tertiary/aromatic N) is 3. The summed E-state index contributed by atoms with van der Waals surface area (Å²) in [6.45, 7) is 1.05. The van der Waals surface area contributed by atoms with Gasteiger partial charge in [0.15, 0.2) is 5.01 Å². The first kappa shape index (κ1) is 18.9. The van der Waals surface area contributed by atoms with Crippen LogP contribution in [0.5, 0.6) is 0 Å². The number of hydrogen-bond acceptors (Lipinski definition) is 5. The number of rotatable bonds is 3. The number of alkyl halides is 2. The molecule has 1 aliphatic rings. The first-order chi connectivity index (χ1) is 14.3. The van der Waals surface area contributed by atoms with E-state index in [1.54, 1.807) is 18.2 Å². The summed E-state index contributed by atoms with van der Waals surface area (Å²) in [5, 5.41) is -0.126. The number of carbonyl (C=O) groups excluding carboxylic acids is 1. The molecule has 1 amide bonds. The number of imidazole rings is 1. The van der Waals surface area contributed by atoms with Gasteiger partial charge in [-0.3, -0.25) is 4.79 Å². The van der Waals surface area contributed by atoms with Gasteiger partial charge >= 0.3 is 0 Å². The molecule has 1 aromatic carbocycles. The molecule has 0 fully saturated rings. The Morgan fingerprint density at radius 2 is 2.20 bits per heavy atom. The molecule has 1 aliphatic heterocycles. The average molecular weight is 432 g/mol. The molecule has 154 valence electrons. The Morgan fingerprint density at radius 1 is 1.37 bits per heavy atom. The van der Waals surface area contributed by atoms with Gasteiger partial charge in [-0.15, -0.1) is 11.3 Å². The number of aromatic amines is 1. The van der Waals surface area contributed by atoms with Crippen molar-refractivity contribution in [2.45, 2.75) is 25.3 Å². The van der Waals surface area contributed by atoms with Crippen LogP contribution in [0.1, 0.15) is 44.8 Å². The van der Waals surface area contributed by atoms with Crippen molar-refractivity contribution in [3.8, 4) is 0 Å². The van der Waals surface area contributed by atoms with Gasteiger partial charge in [-0.2, -0.15) is 8.78 Å². The molecule has 0 radical (unpaired) electrons. The number of nitrogens with one attached hydrogen (secondary N) is 1. The zero-order chi connectivity index (χ0) is 21.0. The van der Waals surface area contributed by atoms with E-state index in [9.17, 15) is 18.0 Å². The lowest BCUT2D eigenvalue weighted by molar-refractivity contribution is 0.0172. The maximum Gasteiger partial charge on any atom is 0.296 e. The number of halogens is 3. The van der Waals surface area contributed by atoms with E-state index in [0.29, 0.717) is 46.7 Å².